The van der Waals surface area contributed by atoms with Crippen LogP contribution in [0.5, 0.6) is 0 Å². The van der Waals surface area contributed by atoms with E-state index < -0.39 is 0 Å². The van der Waals surface area contributed by atoms with Gasteiger partial charge in [0.1, 0.15) is 12.0 Å². The van der Waals surface area contributed by atoms with Crippen LogP contribution in [0.2, 0.25) is 0 Å². The second-order valence-corrected chi connectivity index (χ2v) is 5.76. The van der Waals surface area contributed by atoms with Crippen LogP contribution in [-0.4, -0.2) is 25.1 Å². The maximum atomic E-state index is 5.22. The third kappa shape index (κ3) is 2.31. The summed E-state index contributed by atoms with van der Waals surface area (Å²) in [4.78, 5) is 11.5. The fraction of sp³-hybridized carbons (Fsp3) is 0. The van der Waals surface area contributed by atoms with Crippen molar-refractivity contribution in [2.24, 2.45) is 0 Å². The highest BCUT2D eigenvalue weighted by atomic mass is 16.3. The molecule has 0 atom stereocenters. The molecule has 4 heterocycles. The first-order chi connectivity index (χ1) is 12.4. The predicted octanol–water partition coefficient (Wildman–Crippen LogP) is 4.28. The molecule has 0 radical (unpaired) electrons. The highest BCUT2D eigenvalue weighted by molar-refractivity contribution is 5.97. The molecule has 4 aromatic heterocycles. The van der Waals surface area contributed by atoms with Crippen molar-refractivity contribution in [3.8, 4) is 33.8 Å². The van der Waals surface area contributed by atoms with E-state index in [1.807, 2.05) is 18.2 Å². The van der Waals surface area contributed by atoms with E-state index in [9.17, 15) is 0 Å². The molecule has 0 spiro atoms. The number of benzene rings is 1. The molecule has 6 heteroatoms. The van der Waals surface area contributed by atoms with Crippen LogP contribution in [0.4, 0.5) is 0 Å². The molecule has 0 saturated carbocycles. The Morgan fingerprint density at radius 1 is 0.920 bits per heavy atom. The molecule has 5 rings (SSSR count). The zero-order valence-electron chi connectivity index (χ0n) is 13.1. The van der Waals surface area contributed by atoms with Gasteiger partial charge < -0.3 is 9.40 Å². The number of nitrogens with one attached hydrogen (secondary N) is 2. The van der Waals surface area contributed by atoms with Crippen molar-refractivity contribution >= 4 is 10.9 Å². The van der Waals surface area contributed by atoms with Crippen molar-refractivity contribution in [2.75, 3.05) is 0 Å². The van der Waals surface area contributed by atoms with Crippen molar-refractivity contribution in [1.29, 1.82) is 0 Å². The molecule has 0 aliphatic heterocycles. The monoisotopic (exact) mass is 327 g/mol. The molecular formula is C19H13N5O. The molecule has 0 aliphatic carbocycles. The predicted molar refractivity (Wildman–Crippen MR) is 94.6 cm³/mol. The smallest absolute Gasteiger partial charge is 0.115 e. The van der Waals surface area contributed by atoms with Crippen LogP contribution in [0, 0.1) is 0 Å². The zero-order valence-corrected chi connectivity index (χ0v) is 13.1. The largest absolute Gasteiger partial charge is 0.472 e. The van der Waals surface area contributed by atoms with Gasteiger partial charge in [-0.05, 0) is 29.8 Å². The van der Waals surface area contributed by atoms with Crippen molar-refractivity contribution < 1.29 is 4.42 Å². The van der Waals surface area contributed by atoms with Gasteiger partial charge in [-0.25, -0.2) is 9.97 Å². The first-order valence-corrected chi connectivity index (χ1v) is 7.84. The first kappa shape index (κ1) is 13.7. The number of hydrogen-bond acceptors (Lipinski definition) is 4. The summed E-state index contributed by atoms with van der Waals surface area (Å²) in [5.41, 5.74) is 6.81. The molecule has 0 saturated heterocycles. The van der Waals surface area contributed by atoms with E-state index in [0.717, 1.165) is 44.7 Å². The number of nitrogens with zero attached hydrogens (tertiary/aromatic N) is 3. The number of furan rings is 1. The first-order valence-electron chi connectivity index (χ1n) is 7.84. The highest BCUT2D eigenvalue weighted by Crippen LogP contribution is 2.32. The van der Waals surface area contributed by atoms with Crippen LogP contribution >= 0.6 is 0 Å². The molecule has 120 valence electrons. The van der Waals surface area contributed by atoms with Crippen molar-refractivity contribution in [1.82, 2.24) is 25.1 Å². The highest BCUT2D eigenvalue weighted by Gasteiger charge is 2.12. The summed E-state index contributed by atoms with van der Waals surface area (Å²) in [6, 6.07) is 12.2. The quantitative estimate of drug-likeness (QED) is 0.518. The molecule has 6 nitrogen and oxygen atoms in total. The molecule has 0 unspecified atom stereocenters. The summed E-state index contributed by atoms with van der Waals surface area (Å²) < 4.78 is 5.22. The second-order valence-electron chi connectivity index (χ2n) is 5.76. The summed E-state index contributed by atoms with van der Waals surface area (Å²) in [7, 11) is 0. The number of rotatable bonds is 3. The fourth-order valence-electron chi connectivity index (χ4n) is 3.01. The minimum atomic E-state index is 0.841. The molecule has 0 aliphatic rings. The molecule has 0 bridgehead atoms. The van der Waals surface area contributed by atoms with Gasteiger partial charge in [-0.1, -0.05) is 12.1 Å². The maximum absolute atomic E-state index is 5.22. The Labute approximate surface area is 142 Å². The number of H-pyrrole nitrogens is 2. The van der Waals surface area contributed by atoms with Crippen molar-refractivity contribution in [3.05, 3.63) is 67.6 Å². The Kier molecular flexibility index (Phi) is 3.00. The van der Waals surface area contributed by atoms with Crippen LogP contribution in [0.25, 0.3) is 44.7 Å². The standard InChI is InChI=1S/C19H13N5O/c1-2-14(12-4-5-25-10-12)15-6-18(22-16(15)3-1)19-7-17(23-24-19)13-8-20-11-21-9-13/h1-11,22H,(H,23,24). The minimum absolute atomic E-state index is 0.841. The third-order valence-electron chi connectivity index (χ3n) is 4.22. The molecule has 1 aromatic carbocycles. The average Bonchev–Trinajstić information content (AvgIpc) is 3.41. The van der Waals surface area contributed by atoms with Gasteiger partial charge in [0.25, 0.3) is 0 Å². The van der Waals surface area contributed by atoms with Crippen LogP contribution in [0.1, 0.15) is 0 Å². The summed E-state index contributed by atoms with van der Waals surface area (Å²) in [6.45, 7) is 0. The van der Waals surface area contributed by atoms with Gasteiger partial charge in [0.05, 0.1) is 23.9 Å². The van der Waals surface area contributed by atoms with E-state index in [1.54, 1.807) is 24.9 Å². The Hall–Kier alpha value is -3.67. The summed E-state index contributed by atoms with van der Waals surface area (Å²) in [6.07, 6.45) is 8.46. The van der Waals surface area contributed by atoms with Crippen LogP contribution in [0.15, 0.2) is 72.1 Å². The lowest BCUT2D eigenvalue weighted by Crippen LogP contribution is -1.81. The van der Waals surface area contributed by atoms with E-state index in [1.165, 1.54) is 6.33 Å². The number of aromatic amines is 2. The van der Waals surface area contributed by atoms with Crippen LogP contribution < -0.4 is 0 Å². The topological polar surface area (TPSA) is 83.4 Å². The molecule has 0 amide bonds. The van der Waals surface area contributed by atoms with Gasteiger partial charge in [0.15, 0.2) is 0 Å². The maximum Gasteiger partial charge on any atom is 0.115 e. The van der Waals surface area contributed by atoms with Gasteiger partial charge in [-0.15, -0.1) is 0 Å². The Morgan fingerprint density at radius 3 is 2.68 bits per heavy atom. The summed E-state index contributed by atoms with van der Waals surface area (Å²) >= 11 is 0. The third-order valence-corrected chi connectivity index (χ3v) is 4.22. The lowest BCUT2D eigenvalue weighted by atomic mass is 10.0. The van der Waals surface area contributed by atoms with Gasteiger partial charge in [-0.3, -0.25) is 5.10 Å². The van der Waals surface area contributed by atoms with E-state index in [4.69, 9.17) is 4.42 Å². The molecular weight excluding hydrogens is 314 g/mol. The van der Waals surface area contributed by atoms with Gasteiger partial charge in [0.2, 0.25) is 0 Å². The molecule has 5 aromatic rings. The lowest BCUT2D eigenvalue weighted by molar-refractivity contribution is 0.568. The van der Waals surface area contributed by atoms with Crippen molar-refractivity contribution in [2.45, 2.75) is 0 Å². The molecule has 25 heavy (non-hydrogen) atoms. The Morgan fingerprint density at radius 2 is 1.84 bits per heavy atom. The second kappa shape index (κ2) is 5.45. The van der Waals surface area contributed by atoms with Gasteiger partial charge >= 0.3 is 0 Å². The minimum Gasteiger partial charge on any atom is -0.472 e. The van der Waals surface area contributed by atoms with Gasteiger partial charge in [0, 0.05) is 34.4 Å². The average molecular weight is 327 g/mol. The van der Waals surface area contributed by atoms with Gasteiger partial charge in [-0.2, -0.15) is 5.10 Å². The fourth-order valence-corrected chi connectivity index (χ4v) is 3.01. The van der Waals surface area contributed by atoms with Crippen LogP contribution in [-0.2, 0) is 0 Å². The summed E-state index contributed by atoms with van der Waals surface area (Å²) in [5.74, 6) is 0. The van der Waals surface area contributed by atoms with E-state index in [0.29, 0.717) is 0 Å². The van der Waals surface area contributed by atoms with E-state index in [-0.39, 0.29) is 0 Å². The number of aromatic nitrogens is 5. The molecule has 0 fully saturated rings. The molecule has 2 N–H and O–H groups in total. The lowest BCUT2D eigenvalue weighted by Gasteiger charge is -1.98. The number of hydrogen-bond donors (Lipinski definition) is 2. The number of fused-ring (bicyclic) bond motifs is 1. The van der Waals surface area contributed by atoms with E-state index in [2.05, 4.69) is 43.3 Å². The normalized spacial score (nSPS) is 11.2. The van der Waals surface area contributed by atoms with E-state index >= 15 is 0 Å². The zero-order chi connectivity index (χ0) is 16.6. The SMILES string of the molecule is c1cc(-c2ccoc2)c2cc(-c3cc(-c4cncnc4)[nH]n3)[nH]c2c1. The Bertz CT molecular complexity index is 1140. The summed E-state index contributed by atoms with van der Waals surface area (Å²) in [5, 5.41) is 8.59. The van der Waals surface area contributed by atoms with Crippen LogP contribution in [0.3, 0.4) is 0 Å². The van der Waals surface area contributed by atoms with Crippen molar-refractivity contribution in [3.63, 3.8) is 0 Å². The Balaban J connectivity index is 1.60.